The lowest BCUT2D eigenvalue weighted by Gasteiger charge is -2.07. The maximum Gasteiger partial charge on any atom is 0.227 e. The summed E-state index contributed by atoms with van der Waals surface area (Å²) in [5, 5.41) is 4.21. The van der Waals surface area contributed by atoms with Crippen LogP contribution in [0.2, 0.25) is 0 Å². The zero-order valence-corrected chi connectivity index (χ0v) is 12.3. The molecule has 23 heavy (non-hydrogen) atoms. The average Bonchev–Trinajstić information content (AvgIpc) is 2.63. The number of fused-ring (bicyclic) bond motifs is 1. The molecule has 0 spiro atoms. The molecule has 0 atom stereocenters. The van der Waals surface area contributed by atoms with Crippen LogP contribution in [0.3, 0.4) is 0 Å². The molecule has 2 aromatic carbocycles. The summed E-state index contributed by atoms with van der Waals surface area (Å²) in [5.74, 6) is 0.595. The van der Waals surface area contributed by atoms with Gasteiger partial charge in [-0.05, 0) is 35.9 Å². The van der Waals surface area contributed by atoms with E-state index in [2.05, 4.69) is 32.4 Å². The first-order valence-electron chi connectivity index (χ1n) is 7.38. The second-order valence-corrected chi connectivity index (χ2v) is 5.20. The summed E-state index contributed by atoms with van der Waals surface area (Å²) in [6, 6.07) is 20.0. The predicted octanol–water partition coefficient (Wildman–Crippen LogP) is 4.44. The second-order valence-electron chi connectivity index (χ2n) is 5.20. The number of hydrogen-bond donors (Lipinski definition) is 1. The van der Waals surface area contributed by atoms with E-state index in [1.54, 1.807) is 6.20 Å². The smallest absolute Gasteiger partial charge is 0.227 e. The molecular weight excluding hydrogens is 284 g/mol. The summed E-state index contributed by atoms with van der Waals surface area (Å²) in [6.45, 7) is 0. The van der Waals surface area contributed by atoms with E-state index in [4.69, 9.17) is 0 Å². The number of nitrogens with zero attached hydrogens (tertiary/aromatic N) is 3. The number of rotatable bonds is 3. The summed E-state index contributed by atoms with van der Waals surface area (Å²) >= 11 is 0. The third-order valence-corrected chi connectivity index (χ3v) is 3.60. The van der Waals surface area contributed by atoms with Gasteiger partial charge in [0.15, 0.2) is 0 Å². The molecule has 110 valence electrons. The Labute approximate surface area is 133 Å². The van der Waals surface area contributed by atoms with Gasteiger partial charge in [0, 0.05) is 35.2 Å². The third kappa shape index (κ3) is 2.87. The molecule has 0 saturated heterocycles. The normalized spacial score (nSPS) is 10.6. The highest BCUT2D eigenvalue weighted by Crippen LogP contribution is 2.23. The standard InChI is InChI=1S/C19H14N4/c1-2-6-17(7-3-1)22-19-21-13-16-11-14(8-9-18(16)23-19)15-5-4-10-20-12-15/h1-13H,(H,21,22,23). The first-order valence-corrected chi connectivity index (χ1v) is 7.38. The van der Waals surface area contributed by atoms with Crippen molar-refractivity contribution >= 4 is 22.5 Å². The van der Waals surface area contributed by atoms with Gasteiger partial charge in [-0.1, -0.05) is 30.3 Å². The summed E-state index contributed by atoms with van der Waals surface area (Å²) in [5.41, 5.74) is 4.07. The van der Waals surface area contributed by atoms with E-state index in [1.807, 2.05) is 60.9 Å². The average molecular weight is 298 g/mol. The van der Waals surface area contributed by atoms with Gasteiger partial charge in [-0.3, -0.25) is 4.98 Å². The largest absolute Gasteiger partial charge is 0.324 e. The monoisotopic (exact) mass is 298 g/mol. The fourth-order valence-electron chi connectivity index (χ4n) is 2.46. The van der Waals surface area contributed by atoms with Gasteiger partial charge in [0.25, 0.3) is 0 Å². The van der Waals surface area contributed by atoms with E-state index in [9.17, 15) is 0 Å². The van der Waals surface area contributed by atoms with Crippen LogP contribution in [0.1, 0.15) is 0 Å². The number of aromatic nitrogens is 3. The van der Waals surface area contributed by atoms with Gasteiger partial charge in [-0.2, -0.15) is 0 Å². The molecule has 1 N–H and O–H groups in total. The molecule has 2 heterocycles. The predicted molar refractivity (Wildman–Crippen MR) is 92.5 cm³/mol. The highest BCUT2D eigenvalue weighted by atomic mass is 15.1. The topological polar surface area (TPSA) is 50.7 Å². The van der Waals surface area contributed by atoms with Crippen molar-refractivity contribution in [3.05, 3.63) is 79.3 Å². The van der Waals surface area contributed by atoms with Gasteiger partial charge >= 0.3 is 0 Å². The quantitative estimate of drug-likeness (QED) is 0.607. The lowest BCUT2D eigenvalue weighted by atomic mass is 10.1. The Bertz CT molecular complexity index is 937. The lowest BCUT2D eigenvalue weighted by molar-refractivity contribution is 1.21. The summed E-state index contributed by atoms with van der Waals surface area (Å²) in [4.78, 5) is 13.1. The molecule has 0 bridgehead atoms. The van der Waals surface area contributed by atoms with Crippen molar-refractivity contribution in [2.24, 2.45) is 0 Å². The van der Waals surface area contributed by atoms with E-state index in [-0.39, 0.29) is 0 Å². The van der Waals surface area contributed by atoms with Crippen molar-refractivity contribution < 1.29 is 0 Å². The summed E-state index contributed by atoms with van der Waals surface area (Å²) in [7, 11) is 0. The lowest BCUT2D eigenvalue weighted by Crippen LogP contribution is -1.96. The van der Waals surface area contributed by atoms with Gasteiger partial charge in [0.05, 0.1) is 5.52 Å². The minimum absolute atomic E-state index is 0.595. The molecule has 0 unspecified atom stereocenters. The minimum atomic E-state index is 0.595. The molecule has 0 aliphatic heterocycles. The van der Waals surface area contributed by atoms with E-state index in [0.717, 1.165) is 27.7 Å². The molecule has 4 nitrogen and oxygen atoms in total. The van der Waals surface area contributed by atoms with Crippen molar-refractivity contribution in [2.45, 2.75) is 0 Å². The van der Waals surface area contributed by atoms with Crippen LogP contribution in [0.5, 0.6) is 0 Å². The van der Waals surface area contributed by atoms with E-state index in [0.29, 0.717) is 5.95 Å². The minimum Gasteiger partial charge on any atom is -0.324 e. The molecule has 0 fully saturated rings. The molecule has 4 aromatic rings. The summed E-state index contributed by atoms with van der Waals surface area (Å²) in [6.07, 6.45) is 5.47. The van der Waals surface area contributed by atoms with Crippen molar-refractivity contribution in [1.82, 2.24) is 15.0 Å². The number of pyridine rings is 1. The fraction of sp³-hybridized carbons (Fsp3) is 0. The Morgan fingerprint density at radius 2 is 1.70 bits per heavy atom. The van der Waals surface area contributed by atoms with Gasteiger partial charge in [0.2, 0.25) is 5.95 Å². The van der Waals surface area contributed by atoms with Crippen molar-refractivity contribution in [3.63, 3.8) is 0 Å². The molecule has 0 aliphatic carbocycles. The Morgan fingerprint density at radius 3 is 2.52 bits per heavy atom. The van der Waals surface area contributed by atoms with Gasteiger partial charge in [-0.25, -0.2) is 9.97 Å². The summed E-state index contributed by atoms with van der Waals surface area (Å²) < 4.78 is 0. The number of para-hydroxylation sites is 1. The Kier molecular flexibility index (Phi) is 3.41. The highest BCUT2D eigenvalue weighted by molar-refractivity contribution is 5.84. The van der Waals surface area contributed by atoms with E-state index >= 15 is 0 Å². The van der Waals surface area contributed by atoms with Gasteiger partial charge < -0.3 is 5.32 Å². The maximum absolute atomic E-state index is 4.57. The molecule has 0 saturated carbocycles. The maximum atomic E-state index is 4.57. The highest BCUT2D eigenvalue weighted by Gasteiger charge is 2.03. The first kappa shape index (κ1) is 13.4. The first-order chi connectivity index (χ1) is 11.4. The number of hydrogen-bond acceptors (Lipinski definition) is 4. The molecule has 4 heteroatoms. The second kappa shape index (κ2) is 5.85. The van der Waals surface area contributed by atoms with E-state index in [1.165, 1.54) is 0 Å². The molecule has 4 rings (SSSR count). The molecule has 2 aromatic heterocycles. The fourth-order valence-corrected chi connectivity index (χ4v) is 2.46. The SMILES string of the molecule is c1ccc(Nc2ncc3cc(-c4cccnc4)ccc3n2)cc1. The van der Waals surface area contributed by atoms with Crippen LogP contribution in [0, 0.1) is 0 Å². The van der Waals surface area contributed by atoms with Crippen LogP contribution in [0.15, 0.2) is 79.3 Å². The van der Waals surface area contributed by atoms with Crippen LogP contribution >= 0.6 is 0 Å². The van der Waals surface area contributed by atoms with Crippen molar-refractivity contribution in [2.75, 3.05) is 5.32 Å². The molecular formula is C19H14N4. The zero-order chi connectivity index (χ0) is 15.5. The van der Waals surface area contributed by atoms with Gasteiger partial charge in [0.1, 0.15) is 0 Å². The van der Waals surface area contributed by atoms with E-state index < -0.39 is 0 Å². The van der Waals surface area contributed by atoms with Crippen LogP contribution in [0.25, 0.3) is 22.0 Å². The Morgan fingerprint density at radius 1 is 0.783 bits per heavy atom. The van der Waals surface area contributed by atoms with Crippen LogP contribution in [-0.2, 0) is 0 Å². The van der Waals surface area contributed by atoms with Crippen LogP contribution < -0.4 is 5.32 Å². The molecule has 0 radical (unpaired) electrons. The van der Waals surface area contributed by atoms with Crippen molar-refractivity contribution in [1.29, 1.82) is 0 Å². The number of benzene rings is 2. The van der Waals surface area contributed by atoms with Gasteiger partial charge in [-0.15, -0.1) is 0 Å². The number of nitrogens with one attached hydrogen (secondary N) is 1. The Hall–Kier alpha value is -3.27. The third-order valence-electron chi connectivity index (χ3n) is 3.60. The molecule has 0 amide bonds. The van der Waals surface area contributed by atoms with Crippen LogP contribution in [0.4, 0.5) is 11.6 Å². The Balaban J connectivity index is 1.68. The molecule has 0 aliphatic rings. The van der Waals surface area contributed by atoms with Crippen molar-refractivity contribution in [3.8, 4) is 11.1 Å². The van der Waals surface area contributed by atoms with Crippen LogP contribution in [-0.4, -0.2) is 15.0 Å². The zero-order valence-electron chi connectivity index (χ0n) is 12.3. The number of anilines is 2.